The maximum Gasteiger partial charge on any atom is 0.136 e. The first-order chi connectivity index (χ1) is 12.2. The van der Waals surface area contributed by atoms with E-state index in [2.05, 4.69) is 29.0 Å². The van der Waals surface area contributed by atoms with E-state index in [1.165, 1.54) is 18.5 Å². The third kappa shape index (κ3) is 2.99. The molecule has 0 N–H and O–H groups in total. The zero-order chi connectivity index (χ0) is 17.2. The van der Waals surface area contributed by atoms with Crippen LogP contribution in [0.25, 0.3) is 0 Å². The van der Waals surface area contributed by atoms with Crippen molar-refractivity contribution in [1.82, 2.24) is 9.97 Å². The summed E-state index contributed by atoms with van der Waals surface area (Å²) in [5.41, 5.74) is 4.05. The third-order valence-electron chi connectivity index (χ3n) is 4.92. The molecule has 1 aromatic heterocycles. The first-order valence-corrected chi connectivity index (χ1v) is 8.75. The Bertz CT molecular complexity index is 823. The van der Waals surface area contributed by atoms with Crippen LogP contribution in [0.5, 0.6) is 0 Å². The molecule has 3 heteroatoms. The number of anilines is 1. The summed E-state index contributed by atoms with van der Waals surface area (Å²) < 4.78 is 7.59. The summed E-state index contributed by atoms with van der Waals surface area (Å²) in [4.78, 5) is 11.6. The van der Waals surface area contributed by atoms with E-state index in [9.17, 15) is 0 Å². The zero-order valence-electron chi connectivity index (χ0n) is 15.1. The molecule has 4 rings (SSSR count). The summed E-state index contributed by atoms with van der Waals surface area (Å²) in [5, 5.41) is 0. The van der Waals surface area contributed by atoms with Crippen LogP contribution in [0.15, 0.2) is 66.0 Å². The molecule has 0 fully saturated rings. The maximum atomic E-state index is 7.59. The van der Waals surface area contributed by atoms with Gasteiger partial charge in [-0.05, 0) is 48.5 Å². The fourth-order valence-electron chi connectivity index (χ4n) is 3.66. The second-order valence-electron chi connectivity index (χ2n) is 6.62. The molecule has 24 heavy (non-hydrogen) atoms. The topological polar surface area (TPSA) is 29.0 Å². The molecule has 2 aliphatic rings. The second-order valence-corrected chi connectivity index (χ2v) is 6.62. The Kier molecular flexibility index (Phi) is 3.84. The summed E-state index contributed by atoms with van der Waals surface area (Å²) in [5.74, 6) is 2.45. The van der Waals surface area contributed by atoms with Crippen LogP contribution in [0.2, 0.25) is 0 Å². The van der Waals surface area contributed by atoms with Crippen LogP contribution >= 0.6 is 0 Å². The van der Waals surface area contributed by atoms with Gasteiger partial charge in [-0.25, -0.2) is 9.97 Å². The molecule has 1 aliphatic heterocycles. The van der Waals surface area contributed by atoms with E-state index in [0.29, 0.717) is 18.4 Å². The van der Waals surface area contributed by atoms with Crippen molar-refractivity contribution >= 4 is 5.82 Å². The molecule has 122 valence electrons. The lowest BCUT2D eigenvalue weighted by molar-refractivity contribution is 0.586. The Labute approximate surface area is 145 Å². The van der Waals surface area contributed by atoms with E-state index in [1.807, 2.05) is 36.5 Å². The van der Waals surface area contributed by atoms with Crippen LogP contribution in [-0.2, 0) is 6.42 Å². The maximum absolute atomic E-state index is 7.59. The van der Waals surface area contributed by atoms with E-state index in [4.69, 9.17) is 6.35 Å². The SMILES string of the molecule is [3H]c1ccc(Cc2nccc(N3CCCC4=C3C=CCC4C)n2)cc1. The summed E-state index contributed by atoms with van der Waals surface area (Å²) >= 11 is 0. The van der Waals surface area contributed by atoms with Crippen LogP contribution in [0, 0.1) is 5.92 Å². The molecule has 0 radical (unpaired) electrons. The quantitative estimate of drug-likeness (QED) is 0.833. The molecule has 0 bridgehead atoms. The Morgan fingerprint density at radius 3 is 3.04 bits per heavy atom. The van der Waals surface area contributed by atoms with E-state index >= 15 is 0 Å². The Morgan fingerprint density at radius 1 is 1.29 bits per heavy atom. The van der Waals surface area contributed by atoms with E-state index < -0.39 is 0 Å². The molecular formula is C21H23N3. The minimum Gasteiger partial charge on any atom is -0.326 e. The van der Waals surface area contributed by atoms with Gasteiger partial charge in [0, 0.05) is 24.9 Å². The van der Waals surface area contributed by atoms with Crippen molar-refractivity contribution in [2.45, 2.75) is 32.6 Å². The van der Waals surface area contributed by atoms with Crippen molar-refractivity contribution in [1.29, 1.82) is 0 Å². The van der Waals surface area contributed by atoms with Gasteiger partial charge in [0.05, 0.1) is 1.37 Å². The normalized spacial score (nSPS) is 20.8. The molecule has 0 amide bonds. The first kappa shape index (κ1) is 14.0. The van der Waals surface area contributed by atoms with E-state index in [0.717, 1.165) is 30.2 Å². The molecule has 1 aromatic carbocycles. The number of hydrogen-bond acceptors (Lipinski definition) is 3. The zero-order valence-corrected chi connectivity index (χ0v) is 14.1. The number of benzene rings is 1. The lowest BCUT2D eigenvalue weighted by Gasteiger charge is -2.35. The van der Waals surface area contributed by atoms with Gasteiger partial charge in [-0.3, -0.25) is 0 Å². The van der Waals surface area contributed by atoms with Gasteiger partial charge < -0.3 is 4.90 Å². The van der Waals surface area contributed by atoms with Crippen molar-refractivity contribution in [3.05, 3.63) is 77.4 Å². The van der Waals surface area contributed by atoms with Gasteiger partial charge >= 0.3 is 0 Å². The monoisotopic (exact) mass is 319 g/mol. The summed E-state index contributed by atoms with van der Waals surface area (Å²) in [7, 11) is 0. The number of allylic oxidation sites excluding steroid dienone is 3. The van der Waals surface area contributed by atoms with E-state index in [-0.39, 0.29) is 0 Å². The molecule has 0 saturated carbocycles. The molecule has 0 spiro atoms. The van der Waals surface area contributed by atoms with Gasteiger partial charge in [0.25, 0.3) is 0 Å². The standard InChI is InChI=1S/C21H23N3/c1-16-7-5-11-19-18(16)10-6-14-24(19)21-12-13-22-20(23-21)15-17-8-3-2-4-9-17/h2-5,8-9,11-13,16H,6-7,10,14-15H2,1H3/i2T. The van der Waals surface area contributed by atoms with Crippen molar-refractivity contribution in [2.75, 3.05) is 11.4 Å². The average molecular weight is 319 g/mol. The van der Waals surface area contributed by atoms with Gasteiger partial charge in [0.1, 0.15) is 11.6 Å². The average Bonchev–Trinajstić information content (AvgIpc) is 2.64. The largest absolute Gasteiger partial charge is 0.326 e. The van der Waals surface area contributed by atoms with Crippen LogP contribution in [0.3, 0.4) is 0 Å². The summed E-state index contributed by atoms with van der Waals surface area (Å²) in [6.45, 7) is 3.34. The molecule has 2 aromatic rings. The summed E-state index contributed by atoms with van der Waals surface area (Å²) in [6, 6.07) is 10.1. The molecule has 1 atom stereocenters. The lowest BCUT2D eigenvalue weighted by Crippen LogP contribution is -2.31. The second kappa shape index (κ2) is 6.60. The van der Waals surface area contributed by atoms with Crippen LogP contribution in [0.1, 0.15) is 38.9 Å². The smallest absolute Gasteiger partial charge is 0.136 e. The number of aromatic nitrogens is 2. The van der Waals surface area contributed by atoms with Crippen LogP contribution in [-0.4, -0.2) is 16.5 Å². The van der Waals surface area contributed by atoms with Gasteiger partial charge in [-0.15, -0.1) is 0 Å². The molecule has 1 aliphatic carbocycles. The van der Waals surface area contributed by atoms with E-state index in [1.54, 1.807) is 5.57 Å². The highest BCUT2D eigenvalue weighted by atomic mass is 15.2. The minimum absolute atomic E-state index is 0.532. The van der Waals surface area contributed by atoms with Crippen molar-refractivity contribution in [2.24, 2.45) is 5.92 Å². The van der Waals surface area contributed by atoms with Crippen LogP contribution < -0.4 is 4.90 Å². The van der Waals surface area contributed by atoms with Gasteiger partial charge in [-0.1, -0.05) is 43.3 Å². The first-order valence-electron chi connectivity index (χ1n) is 9.25. The lowest BCUT2D eigenvalue weighted by atomic mass is 9.85. The molecule has 2 heterocycles. The predicted molar refractivity (Wildman–Crippen MR) is 97.8 cm³/mol. The Hall–Kier alpha value is -2.42. The van der Waals surface area contributed by atoms with Crippen molar-refractivity contribution in [3.8, 4) is 0 Å². The predicted octanol–water partition coefficient (Wildman–Crippen LogP) is 4.52. The fourth-order valence-corrected chi connectivity index (χ4v) is 3.66. The van der Waals surface area contributed by atoms with Gasteiger partial charge in [0.2, 0.25) is 0 Å². The Balaban J connectivity index is 1.62. The minimum atomic E-state index is 0.532. The molecule has 0 saturated heterocycles. The number of nitrogens with zero attached hydrogens (tertiary/aromatic N) is 3. The number of hydrogen-bond donors (Lipinski definition) is 0. The highest BCUT2D eigenvalue weighted by Gasteiger charge is 2.25. The fraction of sp³-hybridized carbons (Fsp3) is 0.333. The van der Waals surface area contributed by atoms with Gasteiger partial charge in [-0.2, -0.15) is 0 Å². The highest BCUT2D eigenvalue weighted by Crippen LogP contribution is 2.35. The third-order valence-corrected chi connectivity index (χ3v) is 4.92. The summed E-state index contributed by atoms with van der Waals surface area (Å²) in [6.07, 6.45) is 10.6. The number of rotatable bonds is 3. The molecule has 3 nitrogen and oxygen atoms in total. The highest BCUT2D eigenvalue weighted by molar-refractivity contribution is 5.53. The van der Waals surface area contributed by atoms with Crippen LogP contribution in [0.4, 0.5) is 5.82 Å². The Morgan fingerprint density at radius 2 is 2.17 bits per heavy atom. The van der Waals surface area contributed by atoms with Crippen molar-refractivity contribution in [3.63, 3.8) is 0 Å². The molecule has 1 unspecified atom stereocenters. The molecular weight excluding hydrogens is 294 g/mol. The van der Waals surface area contributed by atoms with Crippen molar-refractivity contribution < 1.29 is 1.37 Å². The van der Waals surface area contributed by atoms with Gasteiger partial charge in [0.15, 0.2) is 0 Å².